The van der Waals surface area contributed by atoms with E-state index in [1.54, 1.807) is 0 Å². The van der Waals surface area contributed by atoms with Gasteiger partial charge in [0.05, 0.1) is 19.0 Å². The summed E-state index contributed by atoms with van der Waals surface area (Å²) >= 11 is 0. The minimum atomic E-state index is -0.357. The Bertz CT molecular complexity index is 303. The van der Waals surface area contributed by atoms with Gasteiger partial charge in [0.15, 0.2) is 0 Å². The molecule has 0 fully saturated rings. The molecule has 0 unspecified atom stereocenters. The highest BCUT2D eigenvalue weighted by Gasteiger charge is 2.30. The highest BCUT2D eigenvalue weighted by Crippen LogP contribution is 2.37. The molecule has 0 aliphatic carbocycles. The van der Waals surface area contributed by atoms with E-state index in [1.165, 1.54) is 12.1 Å². The van der Waals surface area contributed by atoms with E-state index in [4.69, 9.17) is 18.9 Å². The molecule has 0 atom stereocenters. The van der Waals surface area contributed by atoms with Crippen molar-refractivity contribution in [1.82, 2.24) is 0 Å². The van der Waals surface area contributed by atoms with Crippen LogP contribution in [0.2, 0.25) is 12.1 Å². The summed E-state index contributed by atoms with van der Waals surface area (Å²) in [6.07, 6.45) is 4.40. The van der Waals surface area contributed by atoms with Gasteiger partial charge in [0.1, 0.15) is 10.8 Å². The standard InChI is InChI=1S/C20H46O4S3Si2/c1-7-21-19(22-8-2,28-11-5)15-13-17-25-27-26-18-14-16-20(23-9-3,24-10-4)29-12-6/h7-18,28-29H2,1-6H3. The largest absolute Gasteiger partial charge is 0.355 e. The van der Waals surface area contributed by atoms with Crippen molar-refractivity contribution in [3.05, 3.63) is 0 Å². The summed E-state index contributed by atoms with van der Waals surface area (Å²) in [4.78, 5) is 0. The molecule has 0 aromatic rings. The molecule has 176 valence electrons. The van der Waals surface area contributed by atoms with Gasteiger partial charge in [-0.1, -0.05) is 47.5 Å². The Morgan fingerprint density at radius 3 is 1.21 bits per heavy atom. The van der Waals surface area contributed by atoms with Gasteiger partial charge in [-0.3, -0.25) is 0 Å². The van der Waals surface area contributed by atoms with Gasteiger partial charge >= 0.3 is 0 Å². The van der Waals surface area contributed by atoms with Crippen LogP contribution in [0, 0.1) is 0 Å². The second kappa shape index (κ2) is 20.0. The lowest BCUT2D eigenvalue weighted by atomic mass is 10.3. The van der Waals surface area contributed by atoms with Gasteiger partial charge in [-0.05, 0) is 63.2 Å². The smallest absolute Gasteiger partial charge is 0.144 e. The molecular weight excluding hydrogens is 457 g/mol. The van der Waals surface area contributed by atoms with Crippen LogP contribution in [-0.2, 0) is 18.9 Å². The fourth-order valence-corrected chi connectivity index (χ4v) is 11.4. The topological polar surface area (TPSA) is 36.9 Å². The van der Waals surface area contributed by atoms with Gasteiger partial charge in [-0.2, -0.15) is 0 Å². The Kier molecular flexibility index (Phi) is 20.9. The molecule has 0 aromatic carbocycles. The maximum Gasteiger partial charge on any atom is 0.144 e. The summed E-state index contributed by atoms with van der Waals surface area (Å²) < 4.78 is 24.2. The summed E-state index contributed by atoms with van der Waals surface area (Å²) in [7, 11) is 5.15. The van der Waals surface area contributed by atoms with Crippen molar-refractivity contribution in [2.45, 2.75) is 90.1 Å². The molecular formula is C20H46O4S3Si2. The van der Waals surface area contributed by atoms with E-state index in [2.05, 4.69) is 41.5 Å². The zero-order chi connectivity index (χ0) is 21.8. The van der Waals surface area contributed by atoms with Crippen LogP contribution in [0.4, 0.5) is 0 Å². The molecule has 4 nitrogen and oxygen atoms in total. The molecule has 9 heteroatoms. The highest BCUT2D eigenvalue weighted by atomic mass is 33.5. The number of hydrogen-bond donors (Lipinski definition) is 0. The minimum Gasteiger partial charge on any atom is -0.355 e. The van der Waals surface area contributed by atoms with Gasteiger partial charge in [-0.25, -0.2) is 0 Å². The van der Waals surface area contributed by atoms with Crippen LogP contribution in [0.1, 0.15) is 67.2 Å². The quantitative estimate of drug-likeness (QED) is 0.0866. The maximum atomic E-state index is 6.06. The number of rotatable bonds is 22. The summed E-state index contributed by atoms with van der Waals surface area (Å²) in [6.45, 7) is 15.8. The molecule has 0 amide bonds. The van der Waals surface area contributed by atoms with Gasteiger partial charge in [0.25, 0.3) is 0 Å². The van der Waals surface area contributed by atoms with E-state index in [9.17, 15) is 0 Å². The summed E-state index contributed by atoms with van der Waals surface area (Å²) in [5.74, 6) is 2.31. The van der Waals surface area contributed by atoms with Crippen LogP contribution in [0.5, 0.6) is 0 Å². The fraction of sp³-hybridized carbons (Fsp3) is 1.00. The van der Waals surface area contributed by atoms with Crippen LogP contribution in [0.15, 0.2) is 0 Å². The summed E-state index contributed by atoms with van der Waals surface area (Å²) in [6, 6.07) is 2.45. The van der Waals surface area contributed by atoms with Crippen molar-refractivity contribution in [1.29, 1.82) is 0 Å². The molecule has 0 aliphatic heterocycles. The second-order valence-corrected chi connectivity index (χ2v) is 16.6. The first-order valence-electron chi connectivity index (χ1n) is 11.5. The molecule has 0 radical (unpaired) electrons. The monoisotopic (exact) mass is 502 g/mol. The third-order valence-corrected chi connectivity index (χ3v) is 13.0. The predicted octanol–water partition coefficient (Wildman–Crippen LogP) is 5.24. The molecule has 0 bridgehead atoms. The van der Waals surface area contributed by atoms with Gasteiger partial charge in [0.2, 0.25) is 0 Å². The zero-order valence-corrected chi connectivity index (χ0v) is 25.0. The van der Waals surface area contributed by atoms with Crippen LogP contribution in [-0.4, -0.2) is 67.8 Å². The van der Waals surface area contributed by atoms with Crippen LogP contribution in [0.25, 0.3) is 0 Å². The third kappa shape index (κ3) is 14.2. The normalized spacial score (nSPS) is 13.4. The van der Waals surface area contributed by atoms with E-state index in [0.29, 0.717) is 0 Å². The van der Waals surface area contributed by atoms with E-state index in [1.807, 2.05) is 31.4 Å². The maximum absolute atomic E-state index is 6.06. The summed E-state index contributed by atoms with van der Waals surface area (Å²) in [5.41, 5.74) is -0.469. The molecule has 0 spiro atoms. The lowest BCUT2D eigenvalue weighted by Gasteiger charge is -2.33. The zero-order valence-electron chi connectivity index (χ0n) is 19.8. The van der Waals surface area contributed by atoms with Crippen molar-refractivity contribution in [3.8, 4) is 0 Å². The van der Waals surface area contributed by atoms with Crippen molar-refractivity contribution in [2.75, 3.05) is 37.9 Å². The predicted molar refractivity (Wildman–Crippen MR) is 141 cm³/mol. The highest BCUT2D eigenvalue weighted by molar-refractivity contribution is 9.09. The molecule has 29 heavy (non-hydrogen) atoms. The Labute approximate surface area is 196 Å². The Morgan fingerprint density at radius 1 is 0.586 bits per heavy atom. The molecule has 0 saturated carbocycles. The van der Waals surface area contributed by atoms with Crippen molar-refractivity contribution < 1.29 is 18.9 Å². The molecule has 0 saturated heterocycles. The van der Waals surface area contributed by atoms with Gasteiger partial charge < -0.3 is 18.9 Å². The fourth-order valence-electron chi connectivity index (χ4n) is 3.63. The SMILES string of the molecule is CCOC(CCCSSSCCCC(OCC)(OCC)[SiH2]CC)(OCC)[SiH2]CC. The first kappa shape index (κ1) is 30.3. The minimum absolute atomic E-state index is 0.234. The Hall–Kier alpha value is 1.32. The van der Waals surface area contributed by atoms with Gasteiger partial charge in [-0.15, -0.1) is 0 Å². The van der Waals surface area contributed by atoms with Crippen molar-refractivity contribution >= 4 is 50.5 Å². The van der Waals surface area contributed by atoms with E-state index >= 15 is 0 Å². The first-order chi connectivity index (χ1) is 14.1. The molecule has 0 aliphatic rings. The molecule has 0 N–H and O–H groups in total. The number of ether oxygens (including phenoxy) is 4. The third-order valence-electron chi connectivity index (χ3n) is 4.56. The molecule has 0 aromatic heterocycles. The van der Waals surface area contributed by atoms with Crippen LogP contribution < -0.4 is 0 Å². The average molecular weight is 503 g/mol. The summed E-state index contributed by atoms with van der Waals surface area (Å²) in [5, 5.41) is 0. The lowest BCUT2D eigenvalue weighted by Crippen LogP contribution is -2.42. The van der Waals surface area contributed by atoms with Crippen LogP contribution >= 0.6 is 31.4 Å². The van der Waals surface area contributed by atoms with Gasteiger partial charge in [0, 0.05) is 37.9 Å². The number of hydrogen-bond acceptors (Lipinski definition) is 7. The second-order valence-electron chi connectivity index (χ2n) is 6.97. The van der Waals surface area contributed by atoms with E-state index in [0.717, 1.165) is 63.6 Å². The van der Waals surface area contributed by atoms with E-state index in [-0.39, 0.29) is 29.9 Å². The molecule has 0 rings (SSSR count). The van der Waals surface area contributed by atoms with E-state index < -0.39 is 0 Å². The first-order valence-corrected chi connectivity index (χ1v) is 18.8. The van der Waals surface area contributed by atoms with Crippen molar-refractivity contribution in [3.63, 3.8) is 0 Å². The average Bonchev–Trinajstić information content (AvgIpc) is 2.68. The van der Waals surface area contributed by atoms with Crippen molar-refractivity contribution in [2.24, 2.45) is 0 Å². The lowest BCUT2D eigenvalue weighted by molar-refractivity contribution is -0.179. The molecule has 0 heterocycles. The Morgan fingerprint density at radius 2 is 0.931 bits per heavy atom. The van der Waals surface area contributed by atoms with Crippen LogP contribution in [0.3, 0.4) is 0 Å². The Balaban J connectivity index is 4.05.